The molecule has 0 fully saturated rings. The predicted molar refractivity (Wildman–Crippen MR) is 99.2 cm³/mol. The summed E-state index contributed by atoms with van der Waals surface area (Å²) in [5, 5.41) is 34.4. The number of carbonyl (C=O) groups excluding carboxylic acids is 2. The third-order valence-electron chi connectivity index (χ3n) is 2.48. The molecule has 0 aliphatic rings. The van der Waals surface area contributed by atoms with Crippen LogP contribution in [0.3, 0.4) is 0 Å². The van der Waals surface area contributed by atoms with E-state index in [1.807, 2.05) is 0 Å². The largest absolute Gasteiger partial charge is 0.396 e. The summed E-state index contributed by atoms with van der Waals surface area (Å²) in [7, 11) is 0. The van der Waals surface area contributed by atoms with E-state index in [9.17, 15) is 0 Å². The molecule has 0 aromatic carbocycles. The summed E-state index contributed by atoms with van der Waals surface area (Å²) in [6.45, 7) is 7.09. The van der Waals surface area contributed by atoms with Crippen molar-refractivity contribution in [3.8, 4) is 0 Å². The van der Waals surface area contributed by atoms with Gasteiger partial charge in [0.2, 0.25) is 0 Å². The van der Waals surface area contributed by atoms with Gasteiger partial charge >= 0.3 is 69.5 Å². The average molecular weight is 469 g/mol. The van der Waals surface area contributed by atoms with Crippen molar-refractivity contribution in [2.24, 2.45) is 0 Å². The Kier molecular flexibility index (Phi) is 45.1. The zero-order valence-corrected chi connectivity index (χ0v) is 19.4. The second kappa shape index (κ2) is 34.9. The minimum atomic E-state index is -1.08. The van der Waals surface area contributed by atoms with E-state index in [1.54, 1.807) is 8.87 Å². The minimum Gasteiger partial charge on any atom is -0.396 e. The zero-order chi connectivity index (χ0) is 20.3. The Morgan fingerprint density at radius 3 is 1.20 bits per heavy atom. The van der Waals surface area contributed by atoms with E-state index in [0.717, 1.165) is 39.5 Å². The summed E-state index contributed by atoms with van der Waals surface area (Å²) >= 11 is 0.149. The second-order valence-corrected chi connectivity index (χ2v) is 9.58. The molecule has 0 heterocycles. The molecule has 0 spiro atoms. The summed E-state index contributed by atoms with van der Waals surface area (Å²) in [5.74, 6) is -2.17. The first kappa shape index (κ1) is 32.3. The Balaban J connectivity index is -0.000000126. The van der Waals surface area contributed by atoms with Gasteiger partial charge in [0.15, 0.2) is 0 Å². The van der Waals surface area contributed by atoms with Crippen molar-refractivity contribution in [2.45, 2.75) is 87.9 Å². The fourth-order valence-corrected chi connectivity index (χ4v) is 5.46. The number of carboxylic acids is 2. The van der Waals surface area contributed by atoms with E-state index in [0.29, 0.717) is 0 Å². The van der Waals surface area contributed by atoms with Crippen molar-refractivity contribution in [2.75, 3.05) is 13.2 Å². The minimum absolute atomic E-state index is 0.149. The van der Waals surface area contributed by atoms with Crippen molar-refractivity contribution in [3.05, 3.63) is 0 Å². The number of hydrogen-bond donors (Lipinski definition) is 2. The number of aliphatic carboxylic acids is 2. The van der Waals surface area contributed by atoms with Crippen LogP contribution in [0.2, 0.25) is 8.87 Å². The maximum Gasteiger partial charge on any atom is 0.0431 e. The summed E-state index contributed by atoms with van der Waals surface area (Å²) in [5.41, 5.74) is 0. The fraction of sp³-hybridized carbons (Fsp3) is 0.889. The molecule has 6 nitrogen and oxygen atoms in total. The molecule has 0 unspecified atom stereocenters. The van der Waals surface area contributed by atoms with Gasteiger partial charge in [-0.3, -0.25) is 0 Å². The van der Waals surface area contributed by atoms with Gasteiger partial charge in [-0.25, -0.2) is 0 Å². The number of rotatable bonds is 11. The van der Waals surface area contributed by atoms with Crippen LogP contribution in [-0.4, -0.2) is 56.5 Å². The van der Waals surface area contributed by atoms with Gasteiger partial charge < -0.3 is 30.0 Å². The van der Waals surface area contributed by atoms with Crippen molar-refractivity contribution in [1.82, 2.24) is 0 Å². The smallest absolute Gasteiger partial charge is 0.0431 e. The number of carboxylic acid groups (broad SMARTS) is 2. The maximum absolute atomic E-state index is 8.89. The van der Waals surface area contributed by atoms with Crippen LogP contribution in [-0.2, 0) is 9.59 Å². The van der Waals surface area contributed by atoms with Crippen molar-refractivity contribution < 1.29 is 30.0 Å². The van der Waals surface area contributed by atoms with Crippen LogP contribution in [0.15, 0.2) is 0 Å². The van der Waals surface area contributed by atoms with Crippen LogP contribution in [0.1, 0.15) is 79.1 Å². The van der Waals surface area contributed by atoms with E-state index in [2.05, 4.69) is 13.8 Å². The molecule has 7 heteroatoms. The first-order valence-electron chi connectivity index (χ1n) is 9.07. The number of unbranched alkanes of at least 4 members (excludes halogenated alkanes) is 5. The molecule has 0 aliphatic carbocycles. The van der Waals surface area contributed by atoms with Gasteiger partial charge in [0, 0.05) is 25.2 Å². The van der Waals surface area contributed by atoms with Gasteiger partial charge in [-0.1, -0.05) is 12.8 Å². The normalized spacial score (nSPS) is 8.40. The molecule has 0 rings (SSSR count). The Bertz CT molecular complexity index is 218. The van der Waals surface area contributed by atoms with Crippen LogP contribution in [0, 0.1) is 0 Å². The Labute approximate surface area is 164 Å². The monoisotopic (exact) mass is 470 g/mol. The molecule has 0 aromatic heterocycles. The summed E-state index contributed by atoms with van der Waals surface area (Å²) in [4.78, 5) is 17.8. The van der Waals surface area contributed by atoms with Gasteiger partial charge in [0.25, 0.3) is 0 Å². The van der Waals surface area contributed by atoms with Gasteiger partial charge in [-0.15, -0.1) is 0 Å². The predicted octanol–water partition coefficient (Wildman–Crippen LogP) is 1.17. The fourth-order valence-electron chi connectivity index (χ4n) is 1.31. The zero-order valence-electron chi connectivity index (χ0n) is 16.5. The van der Waals surface area contributed by atoms with E-state index in [4.69, 9.17) is 30.0 Å². The van der Waals surface area contributed by atoms with Crippen molar-refractivity contribution in [3.63, 3.8) is 0 Å². The van der Waals surface area contributed by atoms with Crippen LogP contribution in [0.25, 0.3) is 0 Å². The standard InChI is InChI=1S/C6H14O2.2C4H9.2C2H4O2.Sn/c7-5-3-1-2-4-6-8;2*1-3-4-2;2*1-2(3)4;/h7-8H,1-6H2;2*1,3-4H2,2H3;2*1H3,(H,3,4);/q;;;;;+2/p-2. The van der Waals surface area contributed by atoms with E-state index in [1.165, 1.54) is 25.7 Å². The SMILES string of the molecule is CC(=O)[O-].CC(=O)[O-].CCC[CH2][Sn+2][CH2]CCC.OCCCCCCO. The number of aliphatic hydroxyl groups excluding tert-OH is 2. The van der Waals surface area contributed by atoms with E-state index < -0.39 is 11.9 Å². The van der Waals surface area contributed by atoms with Gasteiger partial charge in [0.1, 0.15) is 0 Å². The molecular weight excluding hydrogens is 431 g/mol. The summed E-state index contributed by atoms with van der Waals surface area (Å²) < 4.78 is 3.25. The van der Waals surface area contributed by atoms with Gasteiger partial charge in [0.05, 0.1) is 0 Å². The molecule has 2 N–H and O–H groups in total. The molecule has 0 bridgehead atoms. The van der Waals surface area contributed by atoms with Crippen LogP contribution in [0.5, 0.6) is 0 Å². The average Bonchev–Trinajstić information content (AvgIpc) is 2.51. The first-order valence-corrected chi connectivity index (χ1v) is 13.1. The molecule has 150 valence electrons. The molecular formula is C18H38O6Sn. The quantitative estimate of drug-likeness (QED) is 0.346. The van der Waals surface area contributed by atoms with Gasteiger partial charge in [-0.05, 0) is 26.7 Å². The van der Waals surface area contributed by atoms with Crippen LogP contribution >= 0.6 is 0 Å². The Morgan fingerprint density at radius 1 is 0.720 bits per heavy atom. The summed E-state index contributed by atoms with van der Waals surface area (Å²) in [6, 6.07) is 0. The number of carbonyl (C=O) groups is 2. The Hall–Kier alpha value is -0.341. The van der Waals surface area contributed by atoms with E-state index >= 15 is 0 Å². The third kappa shape index (κ3) is 97.7. The summed E-state index contributed by atoms with van der Waals surface area (Å²) in [6.07, 6.45) is 9.67. The second-order valence-electron chi connectivity index (χ2n) is 5.30. The van der Waals surface area contributed by atoms with Crippen molar-refractivity contribution in [1.29, 1.82) is 0 Å². The Morgan fingerprint density at radius 2 is 1.00 bits per heavy atom. The van der Waals surface area contributed by atoms with Crippen LogP contribution < -0.4 is 10.2 Å². The van der Waals surface area contributed by atoms with Gasteiger partial charge in [-0.2, -0.15) is 0 Å². The molecule has 0 saturated heterocycles. The molecule has 0 saturated carbocycles. The topological polar surface area (TPSA) is 121 Å². The van der Waals surface area contributed by atoms with E-state index in [-0.39, 0.29) is 34.4 Å². The number of hydrogen-bond acceptors (Lipinski definition) is 6. The van der Waals surface area contributed by atoms with Crippen LogP contribution in [0.4, 0.5) is 0 Å². The maximum atomic E-state index is 8.89. The third-order valence-corrected chi connectivity index (χ3v) is 6.52. The molecule has 0 amide bonds. The molecule has 0 aromatic rings. The molecule has 25 heavy (non-hydrogen) atoms. The van der Waals surface area contributed by atoms with Crippen molar-refractivity contribution >= 4 is 33.1 Å². The first-order chi connectivity index (χ1) is 11.8. The molecule has 0 radical (unpaired) electrons. The molecule has 0 atom stereocenters. The number of aliphatic hydroxyl groups is 2. The molecule has 0 aliphatic heterocycles.